The van der Waals surface area contributed by atoms with E-state index in [0.717, 1.165) is 43.6 Å². The molecule has 1 aliphatic heterocycles. The lowest BCUT2D eigenvalue weighted by molar-refractivity contribution is 0.0529. The highest BCUT2D eigenvalue weighted by atomic mass is 127. The summed E-state index contributed by atoms with van der Waals surface area (Å²) in [6, 6.07) is 4.81. The van der Waals surface area contributed by atoms with E-state index in [1.165, 1.54) is 25.7 Å². The number of guanidine groups is 1. The Morgan fingerprint density at radius 1 is 1.36 bits per heavy atom. The van der Waals surface area contributed by atoms with E-state index in [1.54, 1.807) is 0 Å². The maximum atomic E-state index is 5.59. The minimum absolute atomic E-state index is 0. The summed E-state index contributed by atoms with van der Waals surface area (Å²) in [5, 5.41) is 6.88. The first-order valence-electron chi connectivity index (χ1n) is 9.03. The topological polar surface area (TPSA) is 61.8 Å². The molecule has 6 nitrogen and oxygen atoms in total. The minimum Gasteiger partial charge on any atom is -0.375 e. The van der Waals surface area contributed by atoms with Crippen LogP contribution in [0.3, 0.4) is 0 Å². The summed E-state index contributed by atoms with van der Waals surface area (Å²) in [6.07, 6.45) is 7.35. The molecular formula is C18H30IN5O. The molecule has 0 aromatic carbocycles. The predicted molar refractivity (Wildman–Crippen MR) is 113 cm³/mol. The molecule has 0 spiro atoms. The van der Waals surface area contributed by atoms with Gasteiger partial charge in [0.1, 0.15) is 5.82 Å². The summed E-state index contributed by atoms with van der Waals surface area (Å²) in [5.41, 5.74) is 1.16. The van der Waals surface area contributed by atoms with Gasteiger partial charge in [-0.05, 0) is 31.4 Å². The van der Waals surface area contributed by atoms with Crippen LogP contribution < -0.4 is 15.5 Å². The fraction of sp³-hybridized carbons (Fsp3) is 0.667. The van der Waals surface area contributed by atoms with Gasteiger partial charge in [0.15, 0.2) is 5.96 Å². The van der Waals surface area contributed by atoms with Gasteiger partial charge in [-0.25, -0.2) is 4.98 Å². The zero-order valence-electron chi connectivity index (χ0n) is 15.2. The molecule has 1 atom stereocenters. The molecule has 2 fully saturated rings. The van der Waals surface area contributed by atoms with Crippen LogP contribution in [0.1, 0.15) is 38.2 Å². The van der Waals surface area contributed by atoms with E-state index in [0.29, 0.717) is 6.04 Å². The van der Waals surface area contributed by atoms with Crippen LogP contribution in [0, 0.1) is 0 Å². The summed E-state index contributed by atoms with van der Waals surface area (Å²) >= 11 is 0. The second-order valence-electron chi connectivity index (χ2n) is 6.70. The molecule has 1 aliphatic carbocycles. The number of ether oxygens (including phenoxy) is 1. The zero-order valence-corrected chi connectivity index (χ0v) is 17.5. The number of morpholine rings is 1. The van der Waals surface area contributed by atoms with E-state index in [1.807, 2.05) is 13.2 Å². The first kappa shape index (κ1) is 20.2. The Morgan fingerprint density at radius 3 is 2.80 bits per heavy atom. The van der Waals surface area contributed by atoms with Crippen LogP contribution in [0.4, 0.5) is 5.82 Å². The number of hydrogen-bond acceptors (Lipinski definition) is 4. The van der Waals surface area contributed by atoms with Crippen molar-refractivity contribution in [3.63, 3.8) is 0 Å². The molecule has 1 saturated heterocycles. The van der Waals surface area contributed by atoms with Crippen molar-refractivity contribution in [2.45, 2.75) is 51.3 Å². The van der Waals surface area contributed by atoms with E-state index in [9.17, 15) is 0 Å². The zero-order chi connectivity index (χ0) is 16.8. The molecule has 7 heteroatoms. The Hall–Kier alpha value is -1.09. The SMILES string of the molecule is CN=C(NCc1ccc(N2CCOC(C)C2)nc1)NC1CCCC1.I. The van der Waals surface area contributed by atoms with Crippen LogP contribution in [0.2, 0.25) is 0 Å². The smallest absolute Gasteiger partial charge is 0.191 e. The molecule has 140 valence electrons. The number of anilines is 1. The molecular weight excluding hydrogens is 429 g/mol. The van der Waals surface area contributed by atoms with Gasteiger partial charge in [0, 0.05) is 38.9 Å². The first-order valence-corrected chi connectivity index (χ1v) is 9.03. The van der Waals surface area contributed by atoms with Crippen molar-refractivity contribution in [3.05, 3.63) is 23.9 Å². The monoisotopic (exact) mass is 459 g/mol. The molecule has 3 rings (SSSR count). The second-order valence-corrected chi connectivity index (χ2v) is 6.70. The van der Waals surface area contributed by atoms with Crippen LogP contribution >= 0.6 is 24.0 Å². The number of nitrogens with zero attached hydrogens (tertiary/aromatic N) is 3. The van der Waals surface area contributed by atoms with Gasteiger partial charge in [-0.15, -0.1) is 24.0 Å². The number of nitrogens with one attached hydrogen (secondary N) is 2. The van der Waals surface area contributed by atoms with E-state index >= 15 is 0 Å². The number of rotatable bonds is 4. The van der Waals surface area contributed by atoms with Crippen molar-refractivity contribution < 1.29 is 4.74 Å². The van der Waals surface area contributed by atoms with Crippen molar-refractivity contribution in [2.24, 2.45) is 4.99 Å². The van der Waals surface area contributed by atoms with Gasteiger partial charge in [0.05, 0.1) is 12.7 Å². The van der Waals surface area contributed by atoms with E-state index in [2.05, 4.69) is 44.6 Å². The highest BCUT2D eigenvalue weighted by molar-refractivity contribution is 14.0. The quantitative estimate of drug-likeness (QED) is 0.412. The third-order valence-electron chi connectivity index (χ3n) is 4.75. The van der Waals surface area contributed by atoms with Gasteiger partial charge < -0.3 is 20.3 Å². The van der Waals surface area contributed by atoms with Crippen molar-refractivity contribution in [1.82, 2.24) is 15.6 Å². The number of pyridine rings is 1. The van der Waals surface area contributed by atoms with Crippen LogP contribution in [0.25, 0.3) is 0 Å². The number of halogens is 1. The summed E-state index contributed by atoms with van der Waals surface area (Å²) in [7, 11) is 1.82. The lowest BCUT2D eigenvalue weighted by Gasteiger charge is -2.32. The number of hydrogen-bond donors (Lipinski definition) is 2. The van der Waals surface area contributed by atoms with E-state index in [-0.39, 0.29) is 30.1 Å². The molecule has 2 aliphatic rings. The second kappa shape index (κ2) is 10.2. The average molecular weight is 459 g/mol. The standard InChI is InChI=1S/C18H29N5O.HI/c1-14-13-23(9-10-24-14)17-8-7-15(11-20-17)12-21-18(19-2)22-16-5-3-4-6-16;/h7-8,11,14,16H,3-6,9-10,12-13H2,1-2H3,(H2,19,21,22);1H. The van der Waals surface area contributed by atoms with Gasteiger partial charge in [-0.3, -0.25) is 4.99 Å². The van der Waals surface area contributed by atoms with Gasteiger partial charge in [0.25, 0.3) is 0 Å². The molecule has 0 amide bonds. The van der Waals surface area contributed by atoms with Crippen molar-refractivity contribution in [1.29, 1.82) is 0 Å². The lowest BCUT2D eigenvalue weighted by Crippen LogP contribution is -2.42. The fourth-order valence-corrected chi connectivity index (χ4v) is 3.38. The minimum atomic E-state index is 0. The summed E-state index contributed by atoms with van der Waals surface area (Å²) < 4.78 is 5.59. The average Bonchev–Trinajstić information content (AvgIpc) is 3.12. The summed E-state index contributed by atoms with van der Waals surface area (Å²) in [6.45, 7) is 5.43. The Labute approximate surface area is 167 Å². The Balaban J connectivity index is 0.00000225. The van der Waals surface area contributed by atoms with Crippen LogP contribution in [-0.2, 0) is 11.3 Å². The Bertz CT molecular complexity index is 545. The van der Waals surface area contributed by atoms with Crippen LogP contribution in [0.15, 0.2) is 23.3 Å². The molecule has 1 unspecified atom stereocenters. The predicted octanol–water partition coefficient (Wildman–Crippen LogP) is 2.53. The van der Waals surface area contributed by atoms with Gasteiger partial charge >= 0.3 is 0 Å². The maximum absolute atomic E-state index is 5.59. The Kier molecular flexibility index (Phi) is 8.21. The highest BCUT2D eigenvalue weighted by Crippen LogP contribution is 2.17. The molecule has 25 heavy (non-hydrogen) atoms. The summed E-state index contributed by atoms with van der Waals surface area (Å²) in [4.78, 5) is 11.2. The van der Waals surface area contributed by atoms with E-state index < -0.39 is 0 Å². The highest BCUT2D eigenvalue weighted by Gasteiger charge is 2.18. The first-order chi connectivity index (χ1) is 11.7. The lowest BCUT2D eigenvalue weighted by atomic mass is 10.2. The third-order valence-corrected chi connectivity index (χ3v) is 4.75. The van der Waals surface area contributed by atoms with Crippen molar-refractivity contribution in [3.8, 4) is 0 Å². The molecule has 0 bridgehead atoms. The Morgan fingerprint density at radius 2 is 2.16 bits per heavy atom. The molecule has 1 saturated carbocycles. The van der Waals surface area contributed by atoms with Gasteiger partial charge in [-0.2, -0.15) is 0 Å². The fourth-order valence-electron chi connectivity index (χ4n) is 3.38. The molecule has 2 heterocycles. The van der Waals surface area contributed by atoms with Crippen molar-refractivity contribution >= 4 is 35.8 Å². The summed E-state index contributed by atoms with van der Waals surface area (Å²) in [5.74, 6) is 1.91. The van der Waals surface area contributed by atoms with Crippen LogP contribution in [0.5, 0.6) is 0 Å². The maximum Gasteiger partial charge on any atom is 0.191 e. The third kappa shape index (κ3) is 5.99. The molecule has 1 aromatic heterocycles. The van der Waals surface area contributed by atoms with Gasteiger partial charge in [0.2, 0.25) is 0 Å². The number of aliphatic imine (C=N–C) groups is 1. The largest absolute Gasteiger partial charge is 0.375 e. The molecule has 2 N–H and O–H groups in total. The van der Waals surface area contributed by atoms with Gasteiger partial charge in [-0.1, -0.05) is 18.9 Å². The van der Waals surface area contributed by atoms with Crippen molar-refractivity contribution in [2.75, 3.05) is 31.6 Å². The van der Waals surface area contributed by atoms with E-state index in [4.69, 9.17) is 4.74 Å². The van der Waals surface area contributed by atoms with Crippen LogP contribution in [-0.4, -0.2) is 49.8 Å². The number of aromatic nitrogens is 1. The normalized spacial score (nSPS) is 21.8. The molecule has 1 aromatic rings. The molecule has 0 radical (unpaired) electrons.